The molecule has 0 unspecified atom stereocenters. The third kappa shape index (κ3) is 5.97. The van der Waals surface area contributed by atoms with E-state index in [2.05, 4.69) is 34.9 Å². The Balaban J connectivity index is 1.78. The molecule has 0 radical (unpaired) electrons. The SMILES string of the molecule is CC(=S)NCCc1cccc(CC(=S)NCC2CC2)c1. The molecule has 2 rings (SSSR count). The summed E-state index contributed by atoms with van der Waals surface area (Å²) < 4.78 is 0. The van der Waals surface area contributed by atoms with Gasteiger partial charge in [-0.05, 0) is 43.2 Å². The molecule has 1 aromatic carbocycles. The summed E-state index contributed by atoms with van der Waals surface area (Å²) in [5.74, 6) is 0.864. The van der Waals surface area contributed by atoms with E-state index in [1.807, 2.05) is 6.92 Å². The Bertz CT molecular complexity index is 481. The number of benzene rings is 1. The zero-order chi connectivity index (χ0) is 14.4. The molecule has 0 amide bonds. The van der Waals surface area contributed by atoms with Crippen LogP contribution in [0.15, 0.2) is 24.3 Å². The summed E-state index contributed by atoms with van der Waals surface area (Å²) in [5, 5.41) is 6.56. The average Bonchev–Trinajstić information content (AvgIpc) is 3.20. The summed E-state index contributed by atoms with van der Waals surface area (Å²) in [6, 6.07) is 8.65. The van der Waals surface area contributed by atoms with Gasteiger partial charge in [-0.1, -0.05) is 48.7 Å². The van der Waals surface area contributed by atoms with Crippen molar-refractivity contribution >= 4 is 34.4 Å². The fourth-order valence-corrected chi connectivity index (χ4v) is 2.46. The van der Waals surface area contributed by atoms with Crippen LogP contribution < -0.4 is 10.6 Å². The maximum Gasteiger partial charge on any atom is 0.0797 e. The molecule has 1 aliphatic rings. The molecule has 4 heteroatoms. The molecular formula is C16H22N2S2. The molecule has 1 aliphatic carbocycles. The Morgan fingerprint density at radius 1 is 1.20 bits per heavy atom. The lowest BCUT2D eigenvalue weighted by atomic mass is 10.1. The summed E-state index contributed by atoms with van der Waals surface area (Å²) in [6.07, 6.45) is 4.55. The van der Waals surface area contributed by atoms with Gasteiger partial charge in [0.2, 0.25) is 0 Å². The molecule has 0 atom stereocenters. The van der Waals surface area contributed by atoms with E-state index in [1.165, 1.54) is 24.0 Å². The maximum atomic E-state index is 5.41. The Hall–Kier alpha value is -1.00. The van der Waals surface area contributed by atoms with Crippen LogP contribution in [0.2, 0.25) is 0 Å². The number of hydrogen-bond acceptors (Lipinski definition) is 2. The third-order valence-corrected chi connectivity index (χ3v) is 3.86. The van der Waals surface area contributed by atoms with Crippen LogP contribution in [0.1, 0.15) is 30.9 Å². The maximum absolute atomic E-state index is 5.41. The summed E-state index contributed by atoms with van der Waals surface area (Å²) in [6.45, 7) is 3.86. The van der Waals surface area contributed by atoms with E-state index in [0.717, 1.165) is 41.8 Å². The smallest absolute Gasteiger partial charge is 0.0797 e. The Morgan fingerprint density at radius 3 is 2.65 bits per heavy atom. The minimum atomic E-state index is 0.843. The molecule has 108 valence electrons. The molecular weight excluding hydrogens is 284 g/mol. The number of thiocarbonyl (C=S) groups is 2. The van der Waals surface area contributed by atoms with Crippen molar-refractivity contribution in [3.8, 4) is 0 Å². The molecule has 0 spiro atoms. The van der Waals surface area contributed by atoms with Crippen LogP contribution in [0.5, 0.6) is 0 Å². The first-order valence-electron chi connectivity index (χ1n) is 7.22. The molecule has 1 saturated carbocycles. The van der Waals surface area contributed by atoms with E-state index >= 15 is 0 Å². The van der Waals surface area contributed by atoms with Crippen molar-refractivity contribution in [3.05, 3.63) is 35.4 Å². The summed E-state index contributed by atoms with van der Waals surface area (Å²) >= 11 is 10.4. The highest BCUT2D eigenvalue weighted by Gasteiger charge is 2.20. The highest BCUT2D eigenvalue weighted by molar-refractivity contribution is 7.80. The topological polar surface area (TPSA) is 24.1 Å². The van der Waals surface area contributed by atoms with Crippen LogP contribution in [0.3, 0.4) is 0 Å². The summed E-state index contributed by atoms with van der Waals surface area (Å²) in [7, 11) is 0. The van der Waals surface area contributed by atoms with Gasteiger partial charge in [-0.2, -0.15) is 0 Å². The molecule has 0 aromatic heterocycles. The molecule has 2 nitrogen and oxygen atoms in total. The van der Waals surface area contributed by atoms with Gasteiger partial charge < -0.3 is 10.6 Å². The van der Waals surface area contributed by atoms with Crippen LogP contribution in [-0.4, -0.2) is 23.1 Å². The average molecular weight is 307 g/mol. The first-order valence-corrected chi connectivity index (χ1v) is 8.04. The van der Waals surface area contributed by atoms with Crippen molar-refractivity contribution in [2.24, 2.45) is 5.92 Å². The van der Waals surface area contributed by atoms with Crippen molar-refractivity contribution in [2.75, 3.05) is 13.1 Å². The van der Waals surface area contributed by atoms with Gasteiger partial charge in [-0.3, -0.25) is 0 Å². The van der Waals surface area contributed by atoms with Crippen LogP contribution in [0, 0.1) is 5.92 Å². The van der Waals surface area contributed by atoms with Crippen molar-refractivity contribution in [2.45, 2.75) is 32.6 Å². The molecule has 2 N–H and O–H groups in total. The third-order valence-electron chi connectivity index (χ3n) is 3.43. The second-order valence-corrected chi connectivity index (χ2v) is 6.58. The van der Waals surface area contributed by atoms with Crippen LogP contribution in [0.25, 0.3) is 0 Å². The largest absolute Gasteiger partial charge is 0.380 e. The molecule has 1 fully saturated rings. The van der Waals surface area contributed by atoms with Gasteiger partial charge in [0.05, 0.1) is 9.98 Å². The van der Waals surface area contributed by atoms with Gasteiger partial charge in [0.15, 0.2) is 0 Å². The fourth-order valence-electron chi connectivity index (χ4n) is 2.11. The van der Waals surface area contributed by atoms with Crippen LogP contribution in [0.4, 0.5) is 0 Å². The van der Waals surface area contributed by atoms with E-state index in [0.29, 0.717) is 0 Å². The first kappa shape index (κ1) is 15.4. The second kappa shape index (κ2) is 7.70. The molecule has 1 aromatic rings. The van der Waals surface area contributed by atoms with E-state index < -0.39 is 0 Å². The molecule has 20 heavy (non-hydrogen) atoms. The van der Waals surface area contributed by atoms with Gasteiger partial charge in [0.25, 0.3) is 0 Å². The molecule has 0 bridgehead atoms. The summed E-state index contributed by atoms with van der Waals surface area (Å²) in [4.78, 5) is 1.81. The molecule has 0 aliphatic heterocycles. The summed E-state index contributed by atoms with van der Waals surface area (Å²) in [5.41, 5.74) is 2.62. The second-order valence-electron chi connectivity index (χ2n) is 5.48. The van der Waals surface area contributed by atoms with E-state index in [9.17, 15) is 0 Å². The van der Waals surface area contributed by atoms with Crippen molar-refractivity contribution in [1.29, 1.82) is 0 Å². The number of rotatable bonds is 7. The van der Waals surface area contributed by atoms with Gasteiger partial charge >= 0.3 is 0 Å². The lowest BCUT2D eigenvalue weighted by Gasteiger charge is -2.09. The monoisotopic (exact) mass is 306 g/mol. The van der Waals surface area contributed by atoms with Crippen molar-refractivity contribution < 1.29 is 0 Å². The quantitative estimate of drug-likeness (QED) is 0.756. The van der Waals surface area contributed by atoms with Gasteiger partial charge in [0.1, 0.15) is 0 Å². The van der Waals surface area contributed by atoms with Gasteiger partial charge in [-0.15, -0.1) is 0 Å². The fraction of sp³-hybridized carbons (Fsp3) is 0.500. The Labute approximate surface area is 132 Å². The van der Waals surface area contributed by atoms with Gasteiger partial charge in [0, 0.05) is 19.5 Å². The zero-order valence-corrected chi connectivity index (χ0v) is 13.6. The lowest BCUT2D eigenvalue weighted by Crippen LogP contribution is -2.25. The van der Waals surface area contributed by atoms with Gasteiger partial charge in [-0.25, -0.2) is 0 Å². The standard InChI is InChI=1S/C16H22N2S2/c1-12(19)17-8-7-13-3-2-4-15(9-13)10-16(20)18-11-14-5-6-14/h2-4,9,14H,5-8,10-11H2,1H3,(H,17,19)(H,18,20). The van der Waals surface area contributed by atoms with Crippen molar-refractivity contribution in [1.82, 2.24) is 10.6 Å². The molecule has 0 saturated heterocycles. The lowest BCUT2D eigenvalue weighted by molar-refractivity contribution is 0.772. The van der Waals surface area contributed by atoms with Crippen LogP contribution in [-0.2, 0) is 12.8 Å². The number of nitrogens with one attached hydrogen (secondary N) is 2. The minimum Gasteiger partial charge on any atom is -0.380 e. The normalized spacial score (nSPS) is 13.8. The van der Waals surface area contributed by atoms with Crippen LogP contribution >= 0.6 is 24.4 Å². The Kier molecular flexibility index (Phi) is 5.92. The highest BCUT2D eigenvalue weighted by Crippen LogP contribution is 2.27. The predicted molar refractivity (Wildman–Crippen MR) is 93.4 cm³/mol. The van der Waals surface area contributed by atoms with E-state index in [-0.39, 0.29) is 0 Å². The van der Waals surface area contributed by atoms with E-state index in [4.69, 9.17) is 24.4 Å². The predicted octanol–water partition coefficient (Wildman–Crippen LogP) is 3.04. The zero-order valence-electron chi connectivity index (χ0n) is 11.9. The molecule has 0 heterocycles. The first-order chi connectivity index (χ1) is 9.63. The van der Waals surface area contributed by atoms with E-state index in [1.54, 1.807) is 0 Å². The number of hydrogen-bond donors (Lipinski definition) is 2. The highest BCUT2D eigenvalue weighted by atomic mass is 32.1. The Morgan fingerprint density at radius 2 is 1.95 bits per heavy atom. The van der Waals surface area contributed by atoms with Crippen molar-refractivity contribution in [3.63, 3.8) is 0 Å². The minimum absolute atomic E-state index is 0.843.